The van der Waals surface area contributed by atoms with Crippen LogP contribution in [0, 0.1) is 13.8 Å². The van der Waals surface area contributed by atoms with Gasteiger partial charge in [-0.05, 0) is 39.0 Å². The van der Waals surface area contributed by atoms with Crippen molar-refractivity contribution in [3.05, 3.63) is 53.1 Å². The number of allylic oxidation sites excluding steroid dienone is 1. The molecule has 1 aromatic heterocycles. The van der Waals surface area contributed by atoms with Gasteiger partial charge in [-0.25, -0.2) is 9.97 Å². The van der Waals surface area contributed by atoms with Crippen molar-refractivity contribution >= 4 is 11.6 Å². The normalized spacial score (nSPS) is 10.3. The van der Waals surface area contributed by atoms with Crippen molar-refractivity contribution in [2.24, 2.45) is 0 Å². The van der Waals surface area contributed by atoms with Gasteiger partial charge >= 0.3 is 0 Å². The smallest absolute Gasteiger partial charge is 0.131 e. The first-order valence-electron chi connectivity index (χ1n) is 5.90. The van der Waals surface area contributed by atoms with Crippen molar-refractivity contribution < 1.29 is 4.74 Å². The summed E-state index contributed by atoms with van der Waals surface area (Å²) < 4.78 is 5.60. The van der Waals surface area contributed by atoms with E-state index in [0.717, 1.165) is 22.5 Å². The van der Waals surface area contributed by atoms with Crippen LogP contribution in [0.4, 0.5) is 0 Å². The molecule has 1 heterocycles. The SMILES string of the molecule is C=C(C)Oc1cc(-c2cc(C)ncn2)cc(Cl)c1C. The Hall–Kier alpha value is -1.87. The standard InChI is InChI=1S/C15H15ClN2O/c1-9(2)19-15-7-12(6-13(16)11(15)4)14-5-10(3)17-8-18-14/h5-8H,1H2,2-4H3. The fourth-order valence-electron chi connectivity index (χ4n) is 1.71. The minimum absolute atomic E-state index is 0.621. The molecule has 1 aromatic carbocycles. The molecule has 0 unspecified atom stereocenters. The lowest BCUT2D eigenvalue weighted by Crippen LogP contribution is -1.94. The van der Waals surface area contributed by atoms with Gasteiger partial charge in [-0.15, -0.1) is 0 Å². The molecule has 0 radical (unpaired) electrons. The lowest BCUT2D eigenvalue weighted by Gasteiger charge is -2.12. The maximum Gasteiger partial charge on any atom is 0.131 e. The lowest BCUT2D eigenvalue weighted by molar-refractivity contribution is 0.427. The summed E-state index contributed by atoms with van der Waals surface area (Å²) in [7, 11) is 0. The maximum absolute atomic E-state index is 6.24. The van der Waals surface area contributed by atoms with Gasteiger partial charge in [0, 0.05) is 21.8 Å². The van der Waals surface area contributed by atoms with E-state index in [0.29, 0.717) is 16.5 Å². The first-order chi connectivity index (χ1) is 8.97. The molecular weight excluding hydrogens is 260 g/mol. The minimum atomic E-state index is 0.621. The van der Waals surface area contributed by atoms with Crippen LogP contribution in [0.25, 0.3) is 11.3 Å². The van der Waals surface area contributed by atoms with Crippen LogP contribution in [0.2, 0.25) is 5.02 Å². The summed E-state index contributed by atoms with van der Waals surface area (Å²) in [6.45, 7) is 9.38. The molecule has 0 saturated carbocycles. The molecule has 98 valence electrons. The zero-order valence-corrected chi connectivity index (χ0v) is 12.0. The molecule has 0 fully saturated rings. The molecule has 0 aliphatic heterocycles. The molecule has 0 amide bonds. The van der Waals surface area contributed by atoms with Crippen molar-refractivity contribution in [1.82, 2.24) is 9.97 Å². The third kappa shape index (κ3) is 3.12. The van der Waals surface area contributed by atoms with Gasteiger partial charge < -0.3 is 4.74 Å². The number of nitrogens with zero attached hydrogens (tertiary/aromatic N) is 2. The van der Waals surface area contributed by atoms with E-state index >= 15 is 0 Å². The number of halogens is 1. The van der Waals surface area contributed by atoms with E-state index in [-0.39, 0.29) is 0 Å². The second kappa shape index (κ2) is 5.41. The molecule has 2 rings (SSSR count). The molecule has 0 aliphatic rings. The summed E-state index contributed by atoms with van der Waals surface area (Å²) in [4.78, 5) is 8.34. The van der Waals surface area contributed by atoms with E-state index in [1.165, 1.54) is 6.33 Å². The van der Waals surface area contributed by atoms with Gasteiger partial charge in [0.2, 0.25) is 0 Å². The number of hydrogen-bond acceptors (Lipinski definition) is 3. The Morgan fingerprint density at radius 1 is 1.21 bits per heavy atom. The first-order valence-corrected chi connectivity index (χ1v) is 6.27. The summed E-state index contributed by atoms with van der Waals surface area (Å²) in [5, 5.41) is 0.644. The predicted molar refractivity (Wildman–Crippen MR) is 77.4 cm³/mol. The monoisotopic (exact) mass is 274 g/mol. The van der Waals surface area contributed by atoms with Crippen LogP contribution < -0.4 is 4.74 Å². The van der Waals surface area contributed by atoms with Crippen LogP contribution in [0.1, 0.15) is 18.2 Å². The molecule has 4 heteroatoms. The first kappa shape index (κ1) is 13.6. The number of benzene rings is 1. The highest BCUT2D eigenvalue weighted by Crippen LogP contribution is 2.32. The highest BCUT2D eigenvalue weighted by molar-refractivity contribution is 6.31. The molecule has 0 aliphatic carbocycles. The summed E-state index contributed by atoms with van der Waals surface area (Å²) in [5.41, 5.74) is 3.52. The Kier molecular flexibility index (Phi) is 3.86. The Morgan fingerprint density at radius 2 is 1.95 bits per heavy atom. The molecule has 0 bridgehead atoms. The third-order valence-electron chi connectivity index (χ3n) is 2.68. The second-order valence-electron chi connectivity index (χ2n) is 4.43. The van der Waals surface area contributed by atoms with E-state index in [2.05, 4.69) is 16.5 Å². The van der Waals surface area contributed by atoms with Crippen molar-refractivity contribution in [3.63, 3.8) is 0 Å². The minimum Gasteiger partial charge on any atom is -0.462 e. The zero-order valence-electron chi connectivity index (χ0n) is 11.2. The molecule has 0 saturated heterocycles. The molecule has 3 nitrogen and oxygen atoms in total. The lowest BCUT2D eigenvalue weighted by atomic mass is 10.1. The van der Waals surface area contributed by atoms with Gasteiger partial charge in [0.15, 0.2) is 0 Å². The highest BCUT2D eigenvalue weighted by Gasteiger charge is 2.10. The molecule has 2 aromatic rings. The summed E-state index contributed by atoms with van der Waals surface area (Å²) >= 11 is 6.24. The van der Waals surface area contributed by atoms with Crippen LogP contribution in [-0.4, -0.2) is 9.97 Å². The predicted octanol–water partition coefficient (Wildman–Crippen LogP) is 4.33. The number of rotatable bonds is 3. The highest BCUT2D eigenvalue weighted by atomic mass is 35.5. The van der Waals surface area contributed by atoms with Crippen LogP contribution in [0.3, 0.4) is 0 Å². The number of hydrogen-bond donors (Lipinski definition) is 0. The summed E-state index contributed by atoms with van der Waals surface area (Å²) in [5.74, 6) is 1.32. The zero-order chi connectivity index (χ0) is 14.0. The average Bonchev–Trinajstić information content (AvgIpc) is 2.34. The van der Waals surface area contributed by atoms with E-state index in [1.807, 2.05) is 32.0 Å². The van der Waals surface area contributed by atoms with E-state index in [4.69, 9.17) is 16.3 Å². The van der Waals surface area contributed by atoms with Crippen molar-refractivity contribution in [3.8, 4) is 17.0 Å². The van der Waals surface area contributed by atoms with Crippen LogP contribution in [0.5, 0.6) is 5.75 Å². The van der Waals surface area contributed by atoms with Gasteiger partial charge in [0.1, 0.15) is 12.1 Å². The second-order valence-corrected chi connectivity index (χ2v) is 4.84. The van der Waals surface area contributed by atoms with Crippen LogP contribution in [0.15, 0.2) is 36.9 Å². The summed E-state index contributed by atoms with van der Waals surface area (Å²) in [6.07, 6.45) is 1.54. The van der Waals surface area contributed by atoms with Crippen LogP contribution in [-0.2, 0) is 0 Å². The number of aromatic nitrogens is 2. The molecule has 0 spiro atoms. The largest absolute Gasteiger partial charge is 0.462 e. The Labute approximate surface area is 117 Å². The third-order valence-corrected chi connectivity index (χ3v) is 3.07. The van der Waals surface area contributed by atoms with Gasteiger partial charge in [-0.3, -0.25) is 0 Å². The fraction of sp³-hybridized carbons (Fsp3) is 0.200. The van der Waals surface area contributed by atoms with Gasteiger partial charge in [0.05, 0.1) is 11.5 Å². The van der Waals surface area contributed by atoms with E-state index < -0.39 is 0 Å². The summed E-state index contributed by atoms with van der Waals surface area (Å²) in [6, 6.07) is 5.70. The molecule has 19 heavy (non-hydrogen) atoms. The van der Waals surface area contributed by atoms with Crippen LogP contribution >= 0.6 is 11.6 Å². The van der Waals surface area contributed by atoms with E-state index in [9.17, 15) is 0 Å². The quantitative estimate of drug-likeness (QED) is 0.782. The molecule has 0 atom stereocenters. The topological polar surface area (TPSA) is 35.0 Å². The number of ether oxygens (including phenoxy) is 1. The molecule has 0 N–H and O–H groups in total. The van der Waals surface area contributed by atoms with Crippen molar-refractivity contribution in [2.75, 3.05) is 0 Å². The van der Waals surface area contributed by atoms with Crippen molar-refractivity contribution in [1.29, 1.82) is 0 Å². The fourth-order valence-corrected chi connectivity index (χ4v) is 1.92. The van der Waals surface area contributed by atoms with Gasteiger partial charge in [-0.1, -0.05) is 18.2 Å². The number of aryl methyl sites for hydroxylation is 1. The van der Waals surface area contributed by atoms with Crippen molar-refractivity contribution in [2.45, 2.75) is 20.8 Å². The maximum atomic E-state index is 6.24. The Bertz CT molecular complexity index is 638. The van der Waals surface area contributed by atoms with Gasteiger partial charge in [-0.2, -0.15) is 0 Å². The molecular formula is C15H15ClN2O. The van der Waals surface area contributed by atoms with Gasteiger partial charge in [0.25, 0.3) is 0 Å². The Balaban J connectivity index is 2.53. The van der Waals surface area contributed by atoms with E-state index in [1.54, 1.807) is 6.92 Å². The Morgan fingerprint density at radius 3 is 2.58 bits per heavy atom. The average molecular weight is 275 g/mol.